The molecule has 1 aromatic heterocycles. The van der Waals surface area contributed by atoms with Gasteiger partial charge in [-0.2, -0.15) is 4.79 Å². The fraction of sp³-hybridized carbons (Fsp3) is 0. The van der Waals surface area contributed by atoms with Gasteiger partial charge in [-0.05, 0) is 12.1 Å². The van der Waals surface area contributed by atoms with Crippen molar-refractivity contribution in [1.82, 2.24) is 9.89 Å². The van der Waals surface area contributed by atoms with Crippen molar-refractivity contribution in [3.63, 3.8) is 0 Å². The number of para-hydroxylation sites is 1. The van der Waals surface area contributed by atoms with Crippen molar-refractivity contribution in [2.24, 2.45) is 0 Å². The number of benzene rings is 1. The summed E-state index contributed by atoms with van der Waals surface area (Å²) in [5, 5.41) is 2.38. The van der Waals surface area contributed by atoms with Gasteiger partial charge in [0, 0.05) is 11.8 Å². The van der Waals surface area contributed by atoms with Crippen LogP contribution in [-0.4, -0.2) is 15.8 Å². The Morgan fingerprint density at radius 2 is 2.06 bits per heavy atom. The fourth-order valence-corrected chi connectivity index (χ4v) is 1.27. The van der Waals surface area contributed by atoms with E-state index in [0.29, 0.717) is 11.3 Å². The summed E-state index contributed by atoms with van der Waals surface area (Å²) in [5.74, 6) is -0.384. The zero-order chi connectivity index (χ0) is 11.5. The molecule has 0 fully saturated rings. The van der Waals surface area contributed by atoms with E-state index in [1.165, 1.54) is 17.1 Å². The molecular formula is C10H10N4O2. The third-order valence-electron chi connectivity index (χ3n) is 2.03. The molecule has 6 heteroatoms. The van der Waals surface area contributed by atoms with E-state index in [4.69, 9.17) is 5.73 Å². The molecule has 0 aliphatic rings. The summed E-state index contributed by atoms with van der Waals surface area (Å²) in [6.45, 7) is 0. The van der Waals surface area contributed by atoms with Gasteiger partial charge in [0.05, 0.1) is 11.8 Å². The number of H-pyrrole nitrogens is 1. The Bertz CT molecular complexity index is 570. The van der Waals surface area contributed by atoms with Crippen LogP contribution in [0.1, 0.15) is 10.4 Å². The highest BCUT2D eigenvalue weighted by Crippen LogP contribution is 2.09. The molecule has 0 saturated carbocycles. The minimum Gasteiger partial charge on any atom is -0.398 e. The summed E-state index contributed by atoms with van der Waals surface area (Å²) < 4.78 is 0. The number of nitrogens with two attached hydrogens (primary N) is 1. The molecule has 16 heavy (non-hydrogen) atoms. The lowest BCUT2D eigenvalue weighted by molar-refractivity contribution is 0.101. The Morgan fingerprint density at radius 1 is 1.31 bits per heavy atom. The molecule has 82 valence electrons. The predicted octanol–water partition coefficient (Wildman–Crippen LogP) is 0.142. The van der Waals surface area contributed by atoms with Gasteiger partial charge in [-0.3, -0.25) is 9.59 Å². The maximum atomic E-state index is 11.7. The van der Waals surface area contributed by atoms with Crippen LogP contribution in [0.3, 0.4) is 0 Å². The molecular weight excluding hydrogens is 208 g/mol. The van der Waals surface area contributed by atoms with Gasteiger partial charge < -0.3 is 5.73 Å². The lowest BCUT2D eigenvalue weighted by Crippen LogP contribution is -2.25. The number of carbonyl (C=O) groups is 1. The number of aromatic amines is 1. The minimum absolute atomic E-state index is 0.290. The number of amides is 1. The molecule has 2 aromatic rings. The van der Waals surface area contributed by atoms with E-state index in [1.54, 1.807) is 24.3 Å². The van der Waals surface area contributed by atoms with Crippen molar-refractivity contribution in [2.45, 2.75) is 0 Å². The molecule has 0 unspecified atom stereocenters. The van der Waals surface area contributed by atoms with Crippen LogP contribution in [-0.2, 0) is 0 Å². The molecule has 1 heterocycles. The summed E-state index contributed by atoms with van der Waals surface area (Å²) in [6.07, 6.45) is 1.42. The number of hydrogen-bond acceptors (Lipinski definition) is 3. The molecule has 1 amide bonds. The van der Waals surface area contributed by atoms with E-state index < -0.39 is 0 Å². The molecule has 0 aliphatic carbocycles. The van der Waals surface area contributed by atoms with Crippen LogP contribution in [0.4, 0.5) is 5.69 Å². The molecule has 0 radical (unpaired) electrons. The summed E-state index contributed by atoms with van der Waals surface area (Å²) >= 11 is 0. The van der Waals surface area contributed by atoms with Crippen LogP contribution < -0.4 is 16.7 Å². The van der Waals surface area contributed by atoms with E-state index >= 15 is 0 Å². The van der Waals surface area contributed by atoms with E-state index in [-0.39, 0.29) is 11.5 Å². The molecule has 6 nitrogen and oxygen atoms in total. The summed E-state index contributed by atoms with van der Waals surface area (Å²) in [4.78, 5) is 23.7. The monoisotopic (exact) mass is 218 g/mol. The Kier molecular flexibility index (Phi) is 2.47. The second kappa shape index (κ2) is 3.93. The molecule has 0 aliphatic heterocycles. The van der Waals surface area contributed by atoms with Gasteiger partial charge in [0.15, 0.2) is 0 Å². The van der Waals surface area contributed by atoms with Gasteiger partial charge in [-0.15, -0.1) is 0 Å². The summed E-state index contributed by atoms with van der Waals surface area (Å²) in [6, 6.07) is 7.99. The lowest BCUT2D eigenvalue weighted by Gasteiger charge is -2.06. The van der Waals surface area contributed by atoms with E-state index in [0.717, 1.165) is 0 Å². The maximum absolute atomic E-state index is 11.7. The molecule has 0 bridgehead atoms. The normalized spacial score (nSPS) is 10.0. The third kappa shape index (κ3) is 1.95. The highest BCUT2D eigenvalue weighted by Gasteiger charge is 2.08. The standard InChI is InChI=1S/C10H10N4O2/c11-8-4-2-1-3-7(8)10(16)13-14-6-5-9(15)12-14/h1-6H,11H2,(H,12,15)(H,13,16). The zero-order valence-electron chi connectivity index (χ0n) is 8.31. The summed E-state index contributed by atoms with van der Waals surface area (Å²) in [5.41, 5.74) is 8.55. The first-order valence-corrected chi connectivity index (χ1v) is 4.60. The first-order chi connectivity index (χ1) is 7.66. The van der Waals surface area contributed by atoms with Crippen molar-refractivity contribution in [2.75, 3.05) is 11.2 Å². The van der Waals surface area contributed by atoms with Gasteiger partial charge in [-0.1, -0.05) is 12.1 Å². The van der Waals surface area contributed by atoms with Gasteiger partial charge >= 0.3 is 0 Å². The van der Waals surface area contributed by atoms with E-state index in [2.05, 4.69) is 10.5 Å². The highest BCUT2D eigenvalue weighted by molar-refractivity contribution is 6.03. The Morgan fingerprint density at radius 3 is 2.69 bits per heavy atom. The van der Waals surface area contributed by atoms with Crippen LogP contribution in [0.15, 0.2) is 41.3 Å². The smallest absolute Gasteiger partial charge is 0.273 e. The number of anilines is 1. The van der Waals surface area contributed by atoms with E-state index in [1.807, 2.05) is 0 Å². The third-order valence-corrected chi connectivity index (χ3v) is 2.03. The fourth-order valence-electron chi connectivity index (χ4n) is 1.27. The Balaban J connectivity index is 2.21. The average molecular weight is 218 g/mol. The van der Waals surface area contributed by atoms with Crippen LogP contribution in [0, 0.1) is 0 Å². The number of nitrogens with one attached hydrogen (secondary N) is 2. The van der Waals surface area contributed by atoms with Crippen molar-refractivity contribution in [3.05, 3.63) is 52.4 Å². The molecule has 1 aromatic carbocycles. The first kappa shape index (κ1) is 10.0. The predicted molar refractivity (Wildman–Crippen MR) is 59.6 cm³/mol. The van der Waals surface area contributed by atoms with Gasteiger partial charge in [-0.25, -0.2) is 10.5 Å². The van der Waals surface area contributed by atoms with E-state index in [9.17, 15) is 9.59 Å². The van der Waals surface area contributed by atoms with Crippen LogP contribution >= 0.6 is 0 Å². The van der Waals surface area contributed by atoms with Crippen molar-refractivity contribution in [1.29, 1.82) is 0 Å². The molecule has 0 spiro atoms. The maximum Gasteiger partial charge on any atom is 0.273 e. The first-order valence-electron chi connectivity index (χ1n) is 4.60. The van der Waals surface area contributed by atoms with Gasteiger partial charge in [0.25, 0.3) is 11.5 Å². The zero-order valence-corrected chi connectivity index (χ0v) is 8.31. The highest BCUT2D eigenvalue weighted by atomic mass is 16.2. The molecule has 0 atom stereocenters. The van der Waals surface area contributed by atoms with Gasteiger partial charge in [0.2, 0.25) is 0 Å². The Hall–Kier alpha value is -2.50. The Labute approximate surface area is 90.6 Å². The number of hydrogen-bond donors (Lipinski definition) is 3. The second-order valence-corrected chi connectivity index (χ2v) is 3.19. The quantitative estimate of drug-likeness (QED) is 0.626. The summed E-state index contributed by atoms with van der Waals surface area (Å²) in [7, 11) is 0. The van der Waals surface area contributed by atoms with Crippen LogP contribution in [0.2, 0.25) is 0 Å². The van der Waals surface area contributed by atoms with Crippen molar-refractivity contribution in [3.8, 4) is 0 Å². The SMILES string of the molecule is Nc1ccccc1C(=O)Nn1ccc(=O)[nH]1. The van der Waals surface area contributed by atoms with Crippen LogP contribution in [0.25, 0.3) is 0 Å². The number of rotatable bonds is 2. The second-order valence-electron chi connectivity index (χ2n) is 3.19. The number of carbonyl (C=O) groups excluding carboxylic acids is 1. The largest absolute Gasteiger partial charge is 0.398 e. The molecule has 4 N–H and O–H groups in total. The van der Waals surface area contributed by atoms with Crippen molar-refractivity contribution >= 4 is 11.6 Å². The van der Waals surface area contributed by atoms with Crippen molar-refractivity contribution < 1.29 is 4.79 Å². The number of aromatic nitrogens is 2. The molecule has 2 rings (SSSR count). The lowest BCUT2D eigenvalue weighted by atomic mass is 10.2. The topological polar surface area (TPSA) is 92.9 Å². The number of nitrogens with zero attached hydrogens (tertiary/aromatic N) is 1. The average Bonchev–Trinajstić information content (AvgIpc) is 2.64. The van der Waals surface area contributed by atoms with Gasteiger partial charge in [0.1, 0.15) is 0 Å². The van der Waals surface area contributed by atoms with Crippen LogP contribution in [0.5, 0.6) is 0 Å². The molecule has 0 saturated heterocycles. The minimum atomic E-state index is -0.384. The number of nitrogen functional groups attached to an aromatic ring is 1.